The van der Waals surface area contributed by atoms with Crippen molar-refractivity contribution in [2.45, 2.75) is 33.1 Å². The van der Waals surface area contributed by atoms with E-state index in [9.17, 15) is 19.7 Å². The first-order chi connectivity index (χ1) is 14.0. The Morgan fingerprint density at radius 3 is 2.17 bits per heavy atom. The van der Waals surface area contributed by atoms with Crippen LogP contribution < -0.4 is 0 Å². The number of nitro groups is 1. The maximum absolute atomic E-state index is 13.2. The summed E-state index contributed by atoms with van der Waals surface area (Å²) in [5.74, 6) is -0.544. The molecule has 0 spiro atoms. The quantitative estimate of drug-likeness (QED) is 0.288. The molecule has 0 aromatic heterocycles. The third-order valence-corrected chi connectivity index (χ3v) is 5.63. The molecule has 1 aromatic carbocycles. The van der Waals surface area contributed by atoms with E-state index in [2.05, 4.69) is 18.7 Å². The molecule has 0 unspecified atom stereocenters. The average molecular weight is 400 g/mol. The first-order valence-electron chi connectivity index (χ1n) is 10.3. The van der Waals surface area contributed by atoms with E-state index >= 15 is 0 Å². The van der Waals surface area contributed by atoms with Gasteiger partial charge in [0.05, 0.1) is 10.5 Å². The smallest absolute Gasteiger partial charge is 0.277 e. The number of likely N-dealkylation sites (N-methyl/N-ethyl adjacent to an activating group) is 1. The molecule has 2 aliphatic rings. The summed E-state index contributed by atoms with van der Waals surface area (Å²) >= 11 is 0. The van der Waals surface area contributed by atoms with Crippen molar-refractivity contribution in [1.29, 1.82) is 0 Å². The Balaban J connectivity index is 1.94. The molecule has 0 radical (unpaired) electrons. The molecule has 0 aliphatic carbocycles. The van der Waals surface area contributed by atoms with Crippen LogP contribution in [0, 0.1) is 10.1 Å². The van der Waals surface area contributed by atoms with Gasteiger partial charge in [0.15, 0.2) is 0 Å². The lowest BCUT2D eigenvalue weighted by atomic mass is 10.0. The SMILES string of the molecule is CCCCCN1C(=O)C(c2ccc([N+](=O)[O-])cc2)=C(N2CCN(CC)CC2)C1=O. The molecule has 1 fully saturated rings. The van der Waals surface area contributed by atoms with Crippen LogP contribution >= 0.6 is 0 Å². The van der Waals surface area contributed by atoms with Crippen LogP contribution in [-0.4, -0.2) is 70.7 Å². The first-order valence-corrected chi connectivity index (χ1v) is 10.3. The zero-order valence-corrected chi connectivity index (χ0v) is 17.1. The number of nitrogens with zero attached hydrogens (tertiary/aromatic N) is 4. The van der Waals surface area contributed by atoms with Crippen molar-refractivity contribution in [3.8, 4) is 0 Å². The van der Waals surface area contributed by atoms with Crippen LogP contribution in [0.3, 0.4) is 0 Å². The molecular weight excluding hydrogens is 372 g/mol. The second-order valence-corrected chi connectivity index (χ2v) is 7.42. The molecule has 2 aliphatic heterocycles. The van der Waals surface area contributed by atoms with E-state index in [0.29, 0.717) is 36.5 Å². The summed E-state index contributed by atoms with van der Waals surface area (Å²) in [6.07, 6.45) is 2.73. The van der Waals surface area contributed by atoms with Gasteiger partial charge in [-0.25, -0.2) is 0 Å². The zero-order chi connectivity index (χ0) is 21.0. The molecule has 0 bridgehead atoms. The topological polar surface area (TPSA) is 87.0 Å². The van der Waals surface area contributed by atoms with Crippen LogP contribution in [0.1, 0.15) is 38.7 Å². The van der Waals surface area contributed by atoms with E-state index < -0.39 is 4.92 Å². The van der Waals surface area contributed by atoms with E-state index in [1.54, 1.807) is 12.1 Å². The van der Waals surface area contributed by atoms with Gasteiger partial charge in [-0.05, 0) is 30.7 Å². The standard InChI is InChI=1S/C21H28N4O4/c1-3-5-6-11-24-20(26)18(16-7-9-17(10-8-16)25(28)29)19(21(24)27)23-14-12-22(4-2)13-15-23/h7-10H,3-6,11-15H2,1-2H3. The third kappa shape index (κ3) is 4.32. The Labute approximate surface area is 170 Å². The minimum atomic E-state index is -0.471. The molecule has 2 amide bonds. The normalized spacial score (nSPS) is 18.1. The van der Waals surface area contributed by atoms with E-state index in [1.807, 2.05) is 4.90 Å². The predicted octanol–water partition coefficient (Wildman–Crippen LogP) is 2.50. The predicted molar refractivity (Wildman–Crippen MR) is 110 cm³/mol. The maximum Gasteiger partial charge on any atom is 0.277 e. The second kappa shape index (κ2) is 9.17. The van der Waals surface area contributed by atoms with Gasteiger partial charge in [-0.2, -0.15) is 0 Å². The monoisotopic (exact) mass is 400 g/mol. The van der Waals surface area contributed by atoms with Gasteiger partial charge in [0.2, 0.25) is 0 Å². The lowest BCUT2D eigenvalue weighted by Gasteiger charge is -2.36. The van der Waals surface area contributed by atoms with Crippen molar-refractivity contribution in [3.63, 3.8) is 0 Å². The largest absolute Gasteiger partial charge is 0.364 e. The van der Waals surface area contributed by atoms with E-state index in [1.165, 1.54) is 17.0 Å². The van der Waals surface area contributed by atoms with Crippen LogP contribution in [0.15, 0.2) is 30.0 Å². The Hall–Kier alpha value is -2.74. The molecule has 1 aromatic rings. The molecule has 8 heteroatoms. The van der Waals surface area contributed by atoms with Crippen molar-refractivity contribution < 1.29 is 14.5 Å². The molecule has 2 heterocycles. The molecular formula is C21H28N4O4. The Kier molecular flexibility index (Phi) is 6.64. The van der Waals surface area contributed by atoms with E-state index in [0.717, 1.165) is 38.9 Å². The van der Waals surface area contributed by atoms with Gasteiger partial charge in [-0.3, -0.25) is 24.6 Å². The van der Waals surface area contributed by atoms with Gasteiger partial charge < -0.3 is 9.80 Å². The van der Waals surface area contributed by atoms with Crippen molar-refractivity contribution >= 4 is 23.1 Å². The van der Waals surface area contributed by atoms with Gasteiger partial charge >= 0.3 is 0 Å². The minimum absolute atomic E-state index is 0.0379. The lowest BCUT2D eigenvalue weighted by molar-refractivity contribution is -0.384. The highest BCUT2D eigenvalue weighted by atomic mass is 16.6. The molecule has 0 saturated carbocycles. The molecule has 8 nitrogen and oxygen atoms in total. The number of non-ortho nitro benzene ring substituents is 1. The summed E-state index contributed by atoms with van der Waals surface area (Å²) < 4.78 is 0. The molecule has 156 valence electrons. The van der Waals surface area contributed by atoms with Crippen LogP contribution in [0.5, 0.6) is 0 Å². The van der Waals surface area contributed by atoms with Crippen molar-refractivity contribution in [2.75, 3.05) is 39.3 Å². The van der Waals surface area contributed by atoms with Crippen LogP contribution in [0.2, 0.25) is 0 Å². The van der Waals surface area contributed by atoms with E-state index in [4.69, 9.17) is 0 Å². The van der Waals surface area contributed by atoms with Crippen LogP contribution in [-0.2, 0) is 9.59 Å². The summed E-state index contributed by atoms with van der Waals surface area (Å²) in [5, 5.41) is 11.0. The number of benzene rings is 1. The Morgan fingerprint density at radius 2 is 1.62 bits per heavy atom. The number of piperazine rings is 1. The molecule has 1 saturated heterocycles. The number of carbonyl (C=O) groups is 2. The summed E-state index contributed by atoms with van der Waals surface area (Å²) in [5.41, 5.74) is 1.33. The fourth-order valence-corrected chi connectivity index (χ4v) is 3.88. The summed E-state index contributed by atoms with van der Waals surface area (Å²) in [7, 11) is 0. The summed E-state index contributed by atoms with van der Waals surface area (Å²) in [6, 6.07) is 5.89. The second-order valence-electron chi connectivity index (χ2n) is 7.42. The highest BCUT2D eigenvalue weighted by molar-refractivity contribution is 6.35. The summed E-state index contributed by atoms with van der Waals surface area (Å²) in [4.78, 5) is 42.5. The molecule has 0 atom stereocenters. The number of imide groups is 1. The highest BCUT2D eigenvalue weighted by Crippen LogP contribution is 2.33. The van der Waals surface area contributed by atoms with E-state index in [-0.39, 0.29) is 17.5 Å². The molecule has 0 N–H and O–H groups in total. The number of unbranched alkanes of at least 4 members (excludes halogenated alkanes) is 2. The van der Waals surface area contributed by atoms with Crippen molar-refractivity contribution in [2.24, 2.45) is 0 Å². The van der Waals surface area contributed by atoms with Gasteiger partial charge in [-0.15, -0.1) is 0 Å². The number of hydrogen-bond donors (Lipinski definition) is 0. The number of carbonyl (C=O) groups excluding carboxylic acids is 2. The zero-order valence-electron chi connectivity index (χ0n) is 17.1. The third-order valence-electron chi connectivity index (χ3n) is 5.63. The number of hydrogen-bond acceptors (Lipinski definition) is 6. The van der Waals surface area contributed by atoms with Crippen molar-refractivity contribution in [1.82, 2.24) is 14.7 Å². The number of rotatable bonds is 8. The average Bonchev–Trinajstić information content (AvgIpc) is 2.98. The Morgan fingerprint density at radius 1 is 0.966 bits per heavy atom. The number of nitro benzene ring substituents is 1. The minimum Gasteiger partial charge on any atom is -0.364 e. The Bertz CT molecular complexity index is 810. The fourth-order valence-electron chi connectivity index (χ4n) is 3.88. The first kappa shape index (κ1) is 21.0. The van der Waals surface area contributed by atoms with Gasteiger partial charge in [0, 0.05) is 44.9 Å². The lowest BCUT2D eigenvalue weighted by Crippen LogP contribution is -2.47. The fraction of sp³-hybridized carbons (Fsp3) is 0.524. The van der Waals surface area contributed by atoms with Crippen LogP contribution in [0.4, 0.5) is 5.69 Å². The van der Waals surface area contributed by atoms with Crippen molar-refractivity contribution in [3.05, 3.63) is 45.6 Å². The van der Waals surface area contributed by atoms with Gasteiger partial charge in [0.25, 0.3) is 17.5 Å². The van der Waals surface area contributed by atoms with Gasteiger partial charge in [0.1, 0.15) is 5.70 Å². The number of amides is 2. The summed E-state index contributed by atoms with van der Waals surface area (Å²) in [6.45, 7) is 8.58. The van der Waals surface area contributed by atoms with Gasteiger partial charge in [-0.1, -0.05) is 26.7 Å². The van der Waals surface area contributed by atoms with Crippen LogP contribution in [0.25, 0.3) is 5.57 Å². The maximum atomic E-state index is 13.2. The molecule has 29 heavy (non-hydrogen) atoms. The highest BCUT2D eigenvalue weighted by Gasteiger charge is 2.41. The molecule has 3 rings (SSSR count).